The SMILES string of the molecule is O=C(c1ccccc1)c1ccc(Cl)cc1[N+](=O)[O-]. The lowest BCUT2D eigenvalue weighted by atomic mass is 10.0. The van der Waals surface area contributed by atoms with E-state index < -0.39 is 4.92 Å². The van der Waals surface area contributed by atoms with Crippen LogP contribution in [0.15, 0.2) is 48.5 Å². The summed E-state index contributed by atoms with van der Waals surface area (Å²) < 4.78 is 0. The fourth-order valence-corrected chi connectivity index (χ4v) is 1.76. The van der Waals surface area contributed by atoms with Crippen LogP contribution in [0.4, 0.5) is 5.69 Å². The Morgan fingerprint density at radius 3 is 2.39 bits per heavy atom. The molecular formula is C13H8ClNO3. The lowest BCUT2D eigenvalue weighted by Gasteiger charge is -2.02. The minimum Gasteiger partial charge on any atom is -0.288 e. The van der Waals surface area contributed by atoms with Crippen molar-refractivity contribution < 1.29 is 9.72 Å². The molecule has 4 nitrogen and oxygen atoms in total. The summed E-state index contributed by atoms with van der Waals surface area (Å²) in [5, 5.41) is 11.1. The average Bonchev–Trinajstić information content (AvgIpc) is 2.39. The Labute approximate surface area is 108 Å². The molecule has 0 spiro atoms. The third kappa shape index (κ3) is 2.38. The van der Waals surface area contributed by atoms with Crippen molar-refractivity contribution in [2.45, 2.75) is 0 Å². The molecule has 0 amide bonds. The summed E-state index contributed by atoms with van der Waals surface area (Å²) in [5.74, 6) is -0.390. The maximum Gasteiger partial charge on any atom is 0.282 e. The van der Waals surface area contributed by atoms with E-state index in [0.29, 0.717) is 5.56 Å². The highest BCUT2D eigenvalue weighted by Gasteiger charge is 2.21. The van der Waals surface area contributed by atoms with Crippen LogP contribution in [-0.4, -0.2) is 10.7 Å². The predicted octanol–water partition coefficient (Wildman–Crippen LogP) is 3.48. The maximum atomic E-state index is 12.1. The number of hydrogen-bond acceptors (Lipinski definition) is 3. The molecule has 0 aromatic heterocycles. The number of benzene rings is 2. The molecule has 2 rings (SSSR count). The van der Waals surface area contributed by atoms with E-state index in [0.717, 1.165) is 0 Å². The standard InChI is InChI=1S/C13H8ClNO3/c14-10-6-7-11(12(8-10)15(17)18)13(16)9-4-2-1-3-5-9/h1-8H. The molecule has 2 aromatic carbocycles. The predicted molar refractivity (Wildman–Crippen MR) is 68.0 cm³/mol. The van der Waals surface area contributed by atoms with Crippen LogP contribution in [0.2, 0.25) is 5.02 Å². The van der Waals surface area contributed by atoms with Crippen LogP contribution in [0.3, 0.4) is 0 Å². The smallest absolute Gasteiger partial charge is 0.282 e. The van der Waals surface area contributed by atoms with E-state index in [1.807, 2.05) is 0 Å². The molecule has 0 heterocycles. The van der Waals surface area contributed by atoms with Crippen LogP contribution in [0.1, 0.15) is 15.9 Å². The summed E-state index contributed by atoms with van der Waals surface area (Å²) in [6.07, 6.45) is 0. The van der Waals surface area contributed by atoms with Crippen molar-refractivity contribution in [1.82, 2.24) is 0 Å². The number of carbonyl (C=O) groups excluding carboxylic acids is 1. The van der Waals surface area contributed by atoms with Gasteiger partial charge in [-0.3, -0.25) is 14.9 Å². The van der Waals surface area contributed by atoms with Crippen LogP contribution in [0.5, 0.6) is 0 Å². The topological polar surface area (TPSA) is 60.2 Å². The van der Waals surface area contributed by atoms with Crippen LogP contribution in [-0.2, 0) is 0 Å². The molecule has 0 bridgehead atoms. The van der Waals surface area contributed by atoms with E-state index in [2.05, 4.69) is 0 Å². The van der Waals surface area contributed by atoms with Gasteiger partial charge in [0.25, 0.3) is 5.69 Å². The zero-order chi connectivity index (χ0) is 13.1. The first-order valence-corrected chi connectivity index (χ1v) is 5.51. The van der Waals surface area contributed by atoms with Crippen molar-refractivity contribution in [3.63, 3.8) is 0 Å². The lowest BCUT2D eigenvalue weighted by molar-refractivity contribution is -0.385. The van der Waals surface area contributed by atoms with Crippen LogP contribution in [0, 0.1) is 10.1 Å². The Kier molecular flexibility index (Phi) is 3.39. The molecule has 0 N–H and O–H groups in total. The van der Waals surface area contributed by atoms with Gasteiger partial charge in [0.2, 0.25) is 0 Å². The van der Waals surface area contributed by atoms with Crippen molar-refractivity contribution >= 4 is 23.1 Å². The van der Waals surface area contributed by atoms with E-state index >= 15 is 0 Å². The van der Waals surface area contributed by atoms with Gasteiger partial charge < -0.3 is 0 Å². The summed E-state index contributed by atoms with van der Waals surface area (Å²) >= 11 is 5.70. The number of carbonyl (C=O) groups is 1. The van der Waals surface area contributed by atoms with Gasteiger partial charge >= 0.3 is 0 Å². The average molecular weight is 262 g/mol. The second-order valence-electron chi connectivity index (χ2n) is 3.61. The van der Waals surface area contributed by atoms with Gasteiger partial charge in [-0.1, -0.05) is 41.9 Å². The van der Waals surface area contributed by atoms with Crippen LogP contribution in [0.25, 0.3) is 0 Å². The monoisotopic (exact) mass is 261 g/mol. The molecule has 18 heavy (non-hydrogen) atoms. The van der Waals surface area contributed by atoms with Crippen molar-refractivity contribution in [1.29, 1.82) is 0 Å². The van der Waals surface area contributed by atoms with Gasteiger partial charge in [0.15, 0.2) is 5.78 Å². The van der Waals surface area contributed by atoms with E-state index in [-0.39, 0.29) is 22.1 Å². The first kappa shape index (κ1) is 12.3. The molecule has 0 unspecified atom stereocenters. The third-order valence-corrected chi connectivity index (χ3v) is 2.67. The zero-order valence-electron chi connectivity index (χ0n) is 9.17. The largest absolute Gasteiger partial charge is 0.288 e. The summed E-state index contributed by atoms with van der Waals surface area (Å²) in [4.78, 5) is 22.4. The Morgan fingerprint density at radius 2 is 1.78 bits per heavy atom. The van der Waals surface area contributed by atoms with Gasteiger partial charge in [-0.2, -0.15) is 0 Å². The van der Waals surface area contributed by atoms with Gasteiger partial charge in [0, 0.05) is 16.7 Å². The normalized spacial score (nSPS) is 10.1. The number of halogens is 1. The molecule has 2 aromatic rings. The number of ketones is 1. The van der Waals surface area contributed by atoms with Crippen molar-refractivity contribution in [3.05, 3.63) is 74.8 Å². The van der Waals surface area contributed by atoms with E-state index in [1.165, 1.54) is 18.2 Å². The molecule has 5 heteroatoms. The van der Waals surface area contributed by atoms with Gasteiger partial charge in [0.1, 0.15) is 5.56 Å². The third-order valence-electron chi connectivity index (χ3n) is 2.44. The summed E-state index contributed by atoms with van der Waals surface area (Å²) in [6.45, 7) is 0. The molecule has 0 saturated heterocycles. The molecular weight excluding hydrogens is 254 g/mol. The number of nitrogens with zero attached hydrogens (tertiary/aromatic N) is 1. The van der Waals surface area contributed by atoms with Gasteiger partial charge in [-0.15, -0.1) is 0 Å². The fourth-order valence-electron chi connectivity index (χ4n) is 1.59. The molecule has 0 fully saturated rings. The quantitative estimate of drug-likeness (QED) is 0.483. The summed E-state index contributed by atoms with van der Waals surface area (Å²) in [6, 6.07) is 12.4. The second kappa shape index (κ2) is 4.98. The van der Waals surface area contributed by atoms with E-state index in [9.17, 15) is 14.9 Å². The highest BCUT2D eigenvalue weighted by atomic mass is 35.5. The number of hydrogen-bond donors (Lipinski definition) is 0. The summed E-state index contributed by atoms with van der Waals surface area (Å²) in [7, 11) is 0. The Morgan fingerprint density at radius 1 is 1.11 bits per heavy atom. The molecule has 90 valence electrons. The highest BCUT2D eigenvalue weighted by molar-refractivity contribution is 6.31. The van der Waals surface area contributed by atoms with Crippen molar-refractivity contribution in [3.8, 4) is 0 Å². The number of nitro benzene ring substituents is 1. The fraction of sp³-hybridized carbons (Fsp3) is 0. The minimum absolute atomic E-state index is 0.0376. The van der Waals surface area contributed by atoms with Gasteiger partial charge in [-0.25, -0.2) is 0 Å². The molecule has 0 saturated carbocycles. The zero-order valence-corrected chi connectivity index (χ0v) is 9.92. The molecule has 0 aliphatic heterocycles. The second-order valence-corrected chi connectivity index (χ2v) is 4.05. The van der Waals surface area contributed by atoms with Crippen LogP contribution < -0.4 is 0 Å². The molecule has 0 atom stereocenters. The Hall–Kier alpha value is -2.20. The molecule has 0 aliphatic carbocycles. The van der Waals surface area contributed by atoms with Gasteiger partial charge in [-0.05, 0) is 12.1 Å². The number of rotatable bonds is 3. The maximum absolute atomic E-state index is 12.1. The first-order valence-electron chi connectivity index (χ1n) is 5.13. The highest BCUT2D eigenvalue weighted by Crippen LogP contribution is 2.25. The molecule has 0 radical (unpaired) electrons. The number of nitro groups is 1. The first-order chi connectivity index (χ1) is 8.59. The molecule has 0 aliphatic rings. The minimum atomic E-state index is -0.609. The van der Waals surface area contributed by atoms with Gasteiger partial charge in [0.05, 0.1) is 4.92 Å². The van der Waals surface area contributed by atoms with Crippen molar-refractivity contribution in [2.24, 2.45) is 0 Å². The van der Waals surface area contributed by atoms with E-state index in [4.69, 9.17) is 11.6 Å². The summed E-state index contributed by atoms with van der Waals surface area (Å²) in [5.41, 5.74) is 0.162. The Bertz CT molecular complexity index is 611. The Balaban J connectivity index is 2.52. The lowest BCUT2D eigenvalue weighted by Crippen LogP contribution is -2.05. The van der Waals surface area contributed by atoms with Crippen molar-refractivity contribution in [2.75, 3.05) is 0 Å². The van der Waals surface area contributed by atoms with Crippen LogP contribution >= 0.6 is 11.6 Å². The van der Waals surface area contributed by atoms with E-state index in [1.54, 1.807) is 30.3 Å².